The van der Waals surface area contributed by atoms with Gasteiger partial charge in [-0.25, -0.2) is 0 Å². The maximum atomic E-state index is 13.0. The largest absolute Gasteiger partial charge is 0.481 e. The molecule has 0 aromatic heterocycles. The van der Waals surface area contributed by atoms with Crippen LogP contribution in [0.4, 0.5) is 11.4 Å². The van der Waals surface area contributed by atoms with Crippen molar-refractivity contribution in [2.45, 2.75) is 38.5 Å². The van der Waals surface area contributed by atoms with E-state index < -0.39 is 17.8 Å². The third-order valence-corrected chi connectivity index (χ3v) is 6.17. The van der Waals surface area contributed by atoms with E-state index in [1.807, 2.05) is 23.1 Å². The zero-order valence-electron chi connectivity index (χ0n) is 16.8. The first-order valence-electron chi connectivity index (χ1n) is 10.6. The minimum Gasteiger partial charge on any atom is -0.481 e. The van der Waals surface area contributed by atoms with Gasteiger partial charge in [0.05, 0.1) is 11.8 Å². The molecule has 2 unspecified atom stereocenters. The number of nitrogens with zero attached hydrogens (tertiary/aromatic N) is 1. The van der Waals surface area contributed by atoms with Crippen molar-refractivity contribution in [2.24, 2.45) is 11.8 Å². The molecule has 0 spiro atoms. The van der Waals surface area contributed by atoms with Crippen LogP contribution in [0.15, 0.2) is 48.5 Å². The van der Waals surface area contributed by atoms with E-state index in [1.54, 1.807) is 24.3 Å². The molecule has 2 amide bonds. The average Bonchev–Trinajstić information content (AvgIpc) is 2.78. The number of amides is 2. The maximum absolute atomic E-state index is 13.0. The highest BCUT2D eigenvalue weighted by molar-refractivity contribution is 6.07. The molecule has 2 atom stereocenters. The molecule has 2 N–H and O–H groups in total. The Kier molecular flexibility index (Phi) is 5.84. The smallest absolute Gasteiger partial charge is 0.307 e. The van der Waals surface area contributed by atoms with Crippen molar-refractivity contribution in [2.75, 3.05) is 16.8 Å². The van der Waals surface area contributed by atoms with Gasteiger partial charge in [-0.05, 0) is 61.6 Å². The number of carboxylic acid groups (broad SMARTS) is 1. The van der Waals surface area contributed by atoms with Crippen LogP contribution in [0.1, 0.15) is 48.0 Å². The molecule has 1 fully saturated rings. The summed E-state index contributed by atoms with van der Waals surface area (Å²) in [5.41, 5.74) is 3.28. The summed E-state index contributed by atoms with van der Waals surface area (Å²) >= 11 is 0. The number of aliphatic carboxylic acids is 1. The van der Waals surface area contributed by atoms with Crippen molar-refractivity contribution >= 4 is 29.2 Å². The van der Waals surface area contributed by atoms with Crippen molar-refractivity contribution in [1.82, 2.24) is 0 Å². The van der Waals surface area contributed by atoms with Crippen LogP contribution in [-0.2, 0) is 16.0 Å². The van der Waals surface area contributed by atoms with Gasteiger partial charge in [-0.2, -0.15) is 0 Å². The van der Waals surface area contributed by atoms with Gasteiger partial charge >= 0.3 is 5.97 Å². The van der Waals surface area contributed by atoms with Crippen LogP contribution in [0.5, 0.6) is 0 Å². The Bertz CT molecular complexity index is 954. The van der Waals surface area contributed by atoms with Crippen molar-refractivity contribution in [1.29, 1.82) is 0 Å². The van der Waals surface area contributed by atoms with Crippen LogP contribution in [0.2, 0.25) is 0 Å². The topological polar surface area (TPSA) is 86.7 Å². The van der Waals surface area contributed by atoms with Gasteiger partial charge in [0, 0.05) is 23.5 Å². The maximum Gasteiger partial charge on any atom is 0.307 e. The zero-order valence-corrected chi connectivity index (χ0v) is 16.8. The van der Waals surface area contributed by atoms with Gasteiger partial charge in [0.1, 0.15) is 0 Å². The SMILES string of the molecule is O=C(O)C1CCCCC1C(=O)Nc1ccc(C(=O)N2CCCc3ccccc32)cc1. The van der Waals surface area contributed by atoms with Crippen molar-refractivity contribution in [3.8, 4) is 0 Å². The molecule has 30 heavy (non-hydrogen) atoms. The second kappa shape index (κ2) is 8.69. The number of aryl methyl sites for hydroxylation is 1. The number of rotatable bonds is 4. The van der Waals surface area contributed by atoms with Gasteiger partial charge in [0.2, 0.25) is 5.91 Å². The highest BCUT2D eigenvalue weighted by atomic mass is 16.4. The Morgan fingerprint density at radius 2 is 1.60 bits per heavy atom. The van der Waals surface area contributed by atoms with Gasteiger partial charge in [0.25, 0.3) is 5.91 Å². The molecule has 2 aromatic rings. The first-order chi connectivity index (χ1) is 14.5. The number of anilines is 2. The van der Waals surface area contributed by atoms with Crippen LogP contribution in [0, 0.1) is 11.8 Å². The van der Waals surface area contributed by atoms with E-state index in [1.165, 1.54) is 5.56 Å². The second-order valence-corrected chi connectivity index (χ2v) is 8.09. The first kappa shape index (κ1) is 20.1. The molecule has 0 bridgehead atoms. The first-order valence-corrected chi connectivity index (χ1v) is 10.6. The Morgan fingerprint density at radius 3 is 2.33 bits per heavy atom. The summed E-state index contributed by atoms with van der Waals surface area (Å²) in [5.74, 6) is -2.36. The highest BCUT2D eigenvalue weighted by Crippen LogP contribution is 2.32. The lowest BCUT2D eigenvalue weighted by atomic mass is 9.78. The molecule has 4 rings (SSSR count). The van der Waals surface area contributed by atoms with Crippen molar-refractivity contribution in [3.05, 3.63) is 59.7 Å². The van der Waals surface area contributed by atoms with E-state index in [4.69, 9.17) is 0 Å². The van der Waals surface area contributed by atoms with E-state index in [0.717, 1.165) is 31.4 Å². The quantitative estimate of drug-likeness (QED) is 0.800. The van der Waals surface area contributed by atoms with Crippen LogP contribution < -0.4 is 10.2 Å². The number of hydrogen-bond acceptors (Lipinski definition) is 3. The van der Waals surface area contributed by atoms with E-state index in [9.17, 15) is 19.5 Å². The Labute approximate surface area is 175 Å². The number of hydrogen-bond donors (Lipinski definition) is 2. The summed E-state index contributed by atoms with van der Waals surface area (Å²) in [6.45, 7) is 0.687. The second-order valence-electron chi connectivity index (χ2n) is 8.09. The molecule has 1 aliphatic carbocycles. The predicted octanol–water partition coefficient (Wildman–Crippen LogP) is 4.11. The van der Waals surface area contributed by atoms with Gasteiger partial charge < -0.3 is 15.3 Å². The molecule has 2 aliphatic rings. The van der Waals surface area contributed by atoms with Crippen LogP contribution >= 0.6 is 0 Å². The fourth-order valence-corrected chi connectivity index (χ4v) is 4.57. The predicted molar refractivity (Wildman–Crippen MR) is 115 cm³/mol. The molecule has 1 saturated carbocycles. The zero-order chi connectivity index (χ0) is 21.1. The fourth-order valence-electron chi connectivity index (χ4n) is 4.57. The lowest BCUT2D eigenvalue weighted by Crippen LogP contribution is -2.36. The molecule has 0 saturated heterocycles. The summed E-state index contributed by atoms with van der Waals surface area (Å²) in [4.78, 5) is 38.9. The summed E-state index contributed by atoms with van der Waals surface area (Å²) in [5, 5.41) is 12.2. The highest BCUT2D eigenvalue weighted by Gasteiger charge is 2.35. The summed E-state index contributed by atoms with van der Waals surface area (Å²) < 4.78 is 0. The summed E-state index contributed by atoms with van der Waals surface area (Å²) in [7, 11) is 0. The van der Waals surface area contributed by atoms with Gasteiger partial charge in [-0.1, -0.05) is 31.0 Å². The van der Waals surface area contributed by atoms with Crippen LogP contribution in [0.25, 0.3) is 0 Å². The minimum atomic E-state index is -0.905. The molecular weight excluding hydrogens is 380 g/mol. The number of carbonyl (C=O) groups is 3. The monoisotopic (exact) mass is 406 g/mol. The number of fused-ring (bicyclic) bond motifs is 1. The number of nitrogens with one attached hydrogen (secondary N) is 1. The number of carbonyl (C=O) groups excluding carboxylic acids is 2. The minimum absolute atomic E-state index is 0.0572. The molecule has 2 aromatic carbocycles. The number of para-hydroxylation sites is 1. The van der Waals surface area contributed by atoms with Crippen molar-refractivity contribution in [3.63, 3.8) is 0 Å². The Morgan fingerprint density at radius 1 is 0.900 bits per heavy atom. The molecule has 6 heteroatoms. The lowest BCUT2D eigenvalue weighted by molar-refractivity contribution is -0.147. The lowest BCUT2D eigenvalue weighted by Gasteiger charge is -2.29. The Hall–Kier alpha value is -3.15. The Balaban J connectivity index is 1.45. The molecule has 1 heterocycles. The van der Waals surface area contributed by atoms with Crippen molar-refractivity contribution < 1.29 is 19.5 Å². The van der Waals surface area contributed by atoms with E-state index >= 15 is 0 Å². The summed E-state index contributed by atoms with van der Waals surface area (Å²) in [6.07, 6.45) is 4.75. The van der Waals surface area contributed by atoms with E-state index in [-0.39, 0.29) is 11.8 Å². The van der Waals surface area contributed by atoms with Gasteiger partial charge in [-0.3, -0.25) is 14.4 Å². The fraction of sp³-hybridized carbons (Fsp3) is 0.375. The van der Waals surface area contributed by atoms with E-state index in [0.29, 0.717) is 30.6 Å². The normalized spacial score (nSPS) is 20.9. The van der Waals surface area contributed by atoms with E-state index in [2.05, 4.69) is 11.4 Å². The summed E-state index contributed by atoms with van der Waals surface area (Å²) in [6, 6.07) is 14.8. The molecular formula is C24H26N2O4. The number of carboxylic acids is 1. The standard InChI is InChI=1S/C24H26N2O4/c27-22(19-8-2-3-9-20(19)24(29)30)25-18-13-11-17(12-14-18)23(28)26-15-5-7-16-6-1-4-10-21(16)26/h1,4,6,10-14,19-20H,2-3,5,7-9,15H2,(H,25,27)(H,29,30). The molecule has 6 nitrogen and oxygen atoms in total. The third kappa shape index (κ3) is 4.08. The number of benzene rings is 2. The average molecular weight is 406 g/mol. The third-order valence-electron chi connectivity index (χ3n) is 6.17. The molecule has 156 valence electrons. The molecule has 0 radical (unpaired) electrons. The van der Waals surface area contributed by atoms with Gasteiger partial charge in [-0.15, -0.1) is 0 Å². The molecule has 1 aliphatic heterocycles. The van der Waals surface area contributed by atoms with Crippen LogP contribution in [-0.4, -0.2) is 29.4 Å². The van der Waals surface area contributed by atoms with Gasteiger partial charge in [0.15, 0.2) is 0 Å². The van der Waals surface area contributed by atoms with Crippen LogP contribution in [0.3, 0.4) is 0 Å².